The van der Waals surface area contributed by atoms with E-state index in [-0.39, 0.29) is 17.2 Å². The molecule has 0 unspecified atom stereocenters. The lowest BCUT2D eigenvalue weighted by Crippen LogP contribution is -2.17. The minimum atomic E-state index is -4.77. The van der Waals surface area contributed by atoms with Crippen molar-refractivity contribution in [3.05, 3.63) is 83.6 Å². The highest BCUT2D eigenvalue weighted by Crippen LogP contribution is 2.33. The smallest absolute Gasteiger partial charge is 0.504 e. The summed E-state index contributed by atoms with van der Waals surface area (Å²) in [4.78, 5) is 0. The van der Waals surface area contributed by atoms with Crippen LogP contribution in [0.15, 0.2) is 77.5 Å². The zero-order valence-corrected chi connectivity index (χ0v) is 20.8. The van der Waals surface area contributed by atoms with Gasteiger partial charge in [-0.05, 0) is 78.9 Å². The Hall–Kier alpha value is -4.34. The Kier molecular flexibility index (Phi) is 7.99. The molecule has 0 atom stereocenters. The fourth-order valence-corrected chi connectivity index (χ4v) is 4.09. The number of phenolic OH excluding ortho intramolecular Hbond substituents is 2. The van der Waals surface area contributed by atoms with Gasteiger partial charge < -0.3 is 24.4 Å². The van der Waals surface area contributed by atoms with Crippen molar-refractivity contribution in [2.24, 2.45) is 5.10 Å². The third-order valence-corrected chi connectivity index (χ3v) is 5.98. The molecule has 10 heteroatoms. The zero-order chi connectivity index (χ0) is 27.3. The predicted molar refractivity (Wildman–Crippen MR) is 137 cm³/mol. The number of anilines is 1. The largest absolute Gasteiger partial charge is 0.573 e. The normalized spacial score (nSPS) is 14.5. The molecule has 7 nitrogen and oxygen atoms in total. The zero-order valence-electron chi connectivity index (χ0n) is 20.8. The molecule has 1 aliphatic heterocycles. The van der Waals surface area contributed by atoms with Crippen molar-refractivity contribution in [1.82, 2.24) is 0 Å². The molecule has 0 amide bonds. The molecule has 0 aromatic heterocycles. The highest BCUT2D eigenvalue weighted by Gasteiger charge is 2.31. The Labute approximate surface area is 218 Å². The summed E-state index contributed by atoms with van der Waals surface area (Å²) >= 11 is 0. The molecule has 0 bridgehead atoms. The molecule has 0 aliphatic carbocycles. The number of rotatable bonds is 9. The van der Waals surface area contributed by atoms with Crippen LogP contribution in [-0.2, 0) is 12.8 Å². The van der Waals surface area contributed by atoms with Gasteiger partial charge in [-0.25, -0.2) is 5.01 Å². The molecule has 1 aliphatic rings. The van der Waals surface area contributed by atoms with Crippen molar-refractivity contribution in [1.29, 1.82) is 0 Å². The molecular formula is C28H27F3N2O5. The van der Waals surface area contributed by atoms with E-state index in [2.05, 4.69) is 4.74 Å². The molecule has 3 aromatic rings. The summed E-state index contributed by atoms with van der Waals surface area (Å²) in [6.45, 7) is 0. The molecule has 0 fully saturated rings. The van der Waals surface area contributed by atoms with Crippen LogP contribution in [0.25, 0.3) is 0 Å². The maximum Gasteiger partial charge on any atom is 0.573 e. The number of hydrazone groups is 1. The average molecular weight is 529 g/mol. The summed E-state index contributed by atoms with van der Waals surface area (Å²) < 4.78 is 52.1. The second kappa shape index (κ2) is 11.4. The van der Waals surface area contributed by atoms with Crippen molar-refractivity contribution < 1.29 is 37.6 Å². The summed E-state index contributed by atoms with van der Waals surface area (Å²) in [5.74, 6) is 0.556. The Balaban J connectivity index is 1.56. The van der Waals surface area contributed by atoms with Gasteiger partial charge in [-0.2, -0.15) is 5.10 Å². The Morgan fingerprint density at radius 3 is 2.08 bits per heavy atom. The van der Waals surface area contributed by atoms with Crippen molar-refractivity contribution in [3.8, 4) is 28.7 Å². The van der Waals surface area contributed by atoms with E-state index < -0.39 is 6.36 Å². The molecule has 4 rings (SSSR count). The van der Waals surface area contributed by atoms with E-state index in [0.29, 0.717) is 42.9 Å². The van der Waals surface area contributed by atoms with Gasteiger partial charge in [0.2, 0.25) is 0 Å². The summed E-state index contributed by atoms with van der Waals surface area (Å²) in [7, 11) is 2.97. The van der Waals surface area contributed by atoms with E-state index in [1.54, 1.807) is 35.3 Å². The van der Waals surface area contributed by atoms with Gasteiger partial charge in [-0.15, -0.1) is 13.2 Å². The second-order valence-corrected chi connectivity index (χ2v) is 8.61. The average Bonchev–Trinajstić information content (AvgIpc) is 3.30. The first-order valence-electron chi connectivity index (χ1n) is 11.8. The maximum atomic E-state index is 12.6. The van der Waals surface area contributed by atoms with Gasteiger partial charge in [0, 0.05) is 17.8 Å². The highest BCUT2D eigenvalue weighted by atomic mass is 19.4. The number of methoxy groups -OCH3 is 2. The van der Waals surface area contributed by atoms with E-state index in [1.165, 1.54) is 38.5 Å². The molecule has 0 spiro atoms. The van der Waals surface area contributed by atoms with Crippen LogP contribution in [0, 0.1) is 0 Å². The van der Waals surface area contributed by atoms with Crippen LogP contribution in [0.2, 0.25) is 0 Å². The summed E-state index contributed by atoms with van der Waals surface area (Å²) in [6, 6.07) is 15.8. The lowest BCUT2D eigenvalue weighted by atomic mass is 10.0. The number of hydrogen-bond acceptors (Lipinski definition) is 7. The van der Waals surface area contributed by atoms with E-state index in [0.717, 1.165) is 22.5 Å². The number of aromatic hydroxyl groups is 2. The molecule has 2 N–H and O–H groups in total. The minimum absolute atomic E-state index is 0.0454. The Bertz CT molecular complexity index is 1340. The summed E-state index contributed by atoms with van der Waals surface area (Å²) in [5, 5.41) is 26.2. The van der Waals surface area contributed by atoms with E-state index >= 15 is 0 Å². The second-order valence-electron chi connectivity index (χ2n) is 8.61. The van der Waals surface area contributed by atoms with Gasteiger partial charge in [0.15, 0.2) is 23.0 Å². The molecule has 38 heavy (non-hydrogen) atoms. The standard InChI is InChI=1S/C28H27F3N2O5/c1-36-26-15-18(5-13-24(26)34)3-7-20-17-22(8-4-19-6-14-25(35)27(16-19)37-2)33(32-20)21-9-11-23(12-10-21)38-28(29,30)31/h5-6,8-16,34-35H,3-4,7,17H2,1-2H3. The molecule has 0 saturated heterocycles. The first kappa shape index (κ1) is 26.7. The van der Waals surface area contributed by atoms with Gasteiger partial charge in [0.05, 0.1) is 19.9 Å². The lowest BCUT2D eigenvalue weighted by Gasteiger charge is -2.17. The number of halogens is 3. The van der Waals surface area contributed by atoms with Crippen LogP contribution in [0.4, 0.5) is 18.9 Å². The van der Waals surface area contributed by atoms with Gasteiger partial charge in [-0.3, -0.25) is 0 Å². The van der Waals surface area contributed by atoms with Gasteiger partial charge in [-0.1, -0.05) is 18.2 Å². The van der Waals surface area contributed by atoms with Crippen LogP contribution in [0.1, 0.15) is 24.0 Å². The number of hydrogen-bond donors (Lipinski definition) is 2. The van der Waals surface area contributed by atoms with Crippen LogP contribution in [-0.4, -0.2) is 36.5 Å². The highest BCUT2D eigenvalue weighted by molar-refractivity contribution is 5.91. The topological polar surface area (TPSA) is 83.8 Å². The fourth-order valence-electron chi connectivity index (χ4n) is 4.09. The first-order chi connectivity index (χ1) is 18.1. The summed E-state index contributed by atoms with van der Waals surface area (Å²) in [5.41, 5.74) is 4.22. The quantitative estimate of drug-likeness (QED) is 0.337. The van der Waals surface area contributed by atoms with E-state index in [4.69, 9.17) is 14.6 Å². The third kappa shape index (κ3) is 6.70. The monoisotopic (exact) mass is 528 g/mol. The van der Waals surface area contributed by atoms with Crippen molar-refractivity contribution in [2.45, 2.75) is 32.0 Å². The molecule has 200 valence electrons. The number of nitrogens with zero attached hydrogens (tertiary/aromatic N) is 2. The Morgan fingerprint density at radius 2 is 1.47 bits per heavy atom. The summed E-state index contributed by atoms with van der Waals surface area (Å²) in [6.07, 6.45) is -0.422. The number of allylic oxidation sites excluding steroid dienone is 2. The van der Waals surface area contributed by atoms with E-state index in [9.17, 15) is 23.4 Å². The predicted octanol–water partition coefficient (Wildman–Crippen LogP) is 6.34. The van der Waals surface area contributed by atoms with Crippen LogP contribution in [0.5, 0.6) is 28.7 Å². The minimum Gasteiger partial charge on any atom is -0.504 e. The van der Waals surface area contributed by atoms with Crippen molar-refractivity contribution in [3.63, 3.8) is 0 Å². The van der Waals surface area contributed by atoms with Crippen molar-refractivity contribution in [2.75, 3.05) is 19.2 Å². The van der Waals surface area contributed by atoms with Gasteiger partial charge in [0.1, 0.15) is 5.75 Å². The first-order valence-corrected chi connectivity index (χ1v) is 11.8. The number of ether oxygens (including phenoxy) is 3. The number of aryl methyl sites for hydroxylation is 1. The molecule has 1 heterocycles. The van der Waals surface area contributed by atoms with Crippen molar-refractivity contribution >= 4 is 11.4 Å². The van der Waals surface area contributed by atoms with Crippen LogP contribution in [0.3, 0.4) is 0 Å². The van der Waals surface area contributed by atoms with Crippen LogP contribution < -0.4 is 19.2 Å². The third-order valence-electron chi connectivity index (χ3n) is 5.98. The fraction of sp³-hybridized carbons (Fsp3) is 0.250. The molecule has 3 aromatic carbocycles. The van der Waals surface area contributed by atoms with Gasteiger partial charge in [0.25, 0.3) is 0 Å². The molecule has 0 saturated carbocycles. The SMILES string of the molecule is COc1cc(CC=C2CC(CCc3ccc(O)c(OC)c3)=NN2c2ccc(OC(F)(F)F)cc2)ccc1O. The van der Waals surface area contributed by atoms with Crippen LogP contribution >= 0.6 is 0 Å². The van der Waals surface area contributed by atoms with Gasteiger partial charge >= 0.3 is 6.36 Å². The number of phenols is 2. The molecular weight excluding hydrogens is 501 g/mol. The lowest BCUT2D eigenvalue weighted by molar-refractivity contribution is -0.274. The Morgan fingerprint density at radius 1 is 0.868 bits per heavy atom. The van der Waals surface area contributed by atoms with E-state index in [1.807, 2.05) is 12.1 Å². The number of alkyl halides is 3. The maximum absolute atomic E-state index is 12.6. The molecule has 0 radical (unpaired) electrons. The number of benzene rings is 3.